The molecule has 1 atom stereocenters. The summed E-state index contributed by atoms with van der Waals surface area (Å²) in [7, 11) is 0. The van der Waals surface area contributed by atoms with Gasteiger partial charge in [-0.3, -0.25) is 4.79 Å². The van der Waals surface area contributed by atoms with Crippen LogP contribution in [0.5, 0.6) is 5.75 Å². The van der Waals surface area contributed by atoms with Crippen LogP contribution in [0.4, 0.5) is 4.39 Å². The zero-order valence-corrected chi connectivity index (χ0v) is 13.5. The number of carbonyl (C=O) groups is 1. The molecule has 0 bridgehead atoms. The third kappa shape index (κ3) is 4.10. The minimum atomic E-state index is -0.337. The Bertz CT molecular complexity index is 717. The van der Waals surface area contributed by atoms with E-state index in [-0.39, 0.29) is 17.8 Å². The van der Waals surface area contributed by atoms with Crippen LogP contribution in [0, 0.1) is 12.7 Å². The lowest BCUT2D eigenvalue weighted by molar-refractivity contribution is -0.122. The summed E-state index contributed by atoms with van der Waals surface area (Å²) < 4.78 is 23.9. The molecular formula is C17H20FN3O3. The number of nitrogens with one attached hydrogen (secondary N) is 1. The van der Waals surface area contributed by atoms with E-state index in [1.54, 1.807) is 13.0 Å². The van der Waals surface area contributed by atoms with Crippen molar-refractivity contribution in [2.75, 3.05) is 6.61 Å². The molecule has 0 unspecified atom stereocenters. The smallest absolute Gasteiger partial charge is 0.226 e. The Hall–Kier alpha value is -2.44. The first kappa shape index (κ1) is 16.4. The van der Waals surface area contributed by atoms with Gasteiger partial charge in [0.15, 0.2) is 5.82 Å². The molecule has 1 aliphatic heterocycles. The van der Waals surface area contributed by atoms with E-state index in [4.69, 9.17) is 9.26 Å². The predicted octanol–water partition coefficient (Wildman–Crippen LogP) is 2.87. The Kier molecular flexibility index (Phi) is 5.08. The Labute approximate surface area is 139 Å². The number of benzene rings is 1. The molecule has 0 radical (unpaired) electrons. The maximum Gasteiger partial charge on any atom is 0.226 e. The summed E-state index contributed by atoms with van der Waals surface area (Å²) in [5.41, 5.74) is 0.828. The molecule has 1 aromatic carbocycles. The molecule has 2 heterocycles. The number of ether oxygens (including phenoxy) is 1. The number of fused-ring (bicyclic) bond motifs is 1. The second kappa shape index (κ2) is 7.42. The normalized spacial score (nSPS) is 16.8. The van der Waals surface area contributed by atoms with Crippen molar-refractivity contribution in [3.63, 3.8) is 0 Å². The number of aryl methyl sites for hydroxylation is 2. The summed E-state index contributed by atoms with van der Waals surface area (Å²) in [6.45, 7) is 2.29. The lowest BCUT2D eigenvalue weighted by Crippen LogP contribution is -2.28. The highest BCUT2D eigenvalue weighted by Crippen LogP contribution is 2.32. The van der Waals surface area contributed by atoms with E-state index < -0.39 is 0 Å². The number of halogens is 1. The second-order valence-corrected chi connectivity index (χ2v) is 5.88. The molecule has 128 valence electrons. The molecule has 0 fully saturated rings. The number of amides is 1. The summed E-state index contributed by atoms with van der Waals surface area (Å²) in [6.07, 6.45) is 3.15. The minimum absolute atomic E-state index is 0.0478. The fourth-order valence-corrected chi connectivity index (χ4v) is 2.80. The maximum absolute atomic E-state index is 13.4. The molecular weight excluding hydrogens is 313 g/mol. The van der Waals surface area contributed by atoms with E-state index in [0.717, 1.165) is 18.4 Å². The maximum atomic E-state index is 13.4. The van der Waals surface area contributed by atoms with Crippen molar-refractivity contribution >= 4 is 5.91 Å². The topological polar surface area (TPSA) is 77.2 Å². The van der Waals surface area contributed by atoms with Crippen LogP contribution in [-0.2, 0) is 11.2 Å². The molecule has 1 amide bonds. The fourth-order valence-electron chi connectivity index (χ4n) is 2.80. The summed E-state index contributed by atoms with van der Waals surface area (Å²) in [5.74, 6) is 1.27. The van der Waals surface area contributed by atoms with Gasteiger partial charge in [-0.2, -0.15) is 4.98 Å². The molecule has 24 heavy (non-hydrogen) atoms. The SMILES string of the molecule is Cc1noc(CCCC(=O)N[C@H]2CCCOc3cc(F)ccc32)n1. The van der Waals surface area contributed by atoms with Crippen molar-refractivity contribution in [3.05, 3.63) is 41.3 Å². The van der Waals surface area contributed by atoms with Crippen LogP contribution < -0.4 is 10.1 Å². The van der Waals surface area contributed by atoms with Crippen molar-refractivity contribution < 1.29 is 18.4 Å². The van der Waals surface area contributed by atoms with Crippen molar-refractivity contribution in [1.82, 2.24) is 15.5 Å². The highest BCUT2D eigenvalue weighted by Gasteiger charge is 2.21. The van der Waals surface area contributed by atoms with Crippen LogP contribution in [0.2, 0.25) is 0 Å². The van der Waals surface area contributed by atoms with E-state index in [1.165, 1.54) is 12.1 Å². The van der Waals surface area contributed by atoms with Crippen molar-refractivity contribution in [3.8, 4) is 5.75 Å². The summed E-state index contributed by atoms with van der Waals surface area (Å²) in [6, 6.07) is 4.30. The predicted molar refractivity (Wildman–Crippen MR) is 84.0 cm³/mol. The molecule has 3 rings (SSSR count). The lowest BCUT2D eigenvalue weighted by Gasteiger charge is -2.18. The van der Waals surface area contributed by atoms with E-state index in [9.17, 15) is 9.18 Å². The Balaban J connectivity index is 1.56. The highest BCUT2D eigenvalue weighted by molar-refractivity contribution is 5.76. The first-order valence-electron chi connectivity index (χ1n) is 8.12. The van der Waals surface area contributed by atoms with Gasteiger partial charge in [0.1, 0.15) is 11.6 Å². The molecule has 0 aliphatic carbocycles. The molecule has 0 saturated carbocycles. The van der Waals surface area contributed by atoms with Crippen LogP contribution in [0.15, 0.2) is 22.7 Å². The third-order valence-corrected chi connectivity index (χ3v) is 3.95. The summed E-state index contributed by atoms with van der Waals surface area (Å²) in [4.78, 5) is 16.3. The van der Waals surface area contributed by atoms with Gasteiger partial charge in [-0.15, -0.1) is 0 Å². The van der Waals surface area contributed by atoms with Crippen LogP contribution >= 0.6 is 0 Å². The molecule has 0 saturated heterocycles. The number of carbonyl (C=O) groups excluding carboxylic acids is 1. The van der Waals surface area contributed by atoms with E-state index >= 15 is 0 Å². The zero-order chi connectivity index (χ0) is 16.9. The molecule has 1 N–H and O–H groups in total. The average molecular weight is 333 g/mol. The van der Waals surface area contributed by atoms with Crippen LogP contribution in [-0.4, -0.2) is 22.7 Å². The van der Waals surface area contributed by atoms with Gasteiger partial charge < -0.3 is 14.6 Å². The number of rotatable bonds is 5. The van der Waals surface area contributed by atoms with Gasteiger partial charge in [0.2, 0.25) is 11.8 Å². The van der Waals surface area contributed by atoms with Crippen molar-refractivity contribution in [2.24, 2.45) is 0 Å². The Morgan fingerprint density at radius 1 is 1.46 bits per heavy atom. The molecule has 0 spiro atoms. The van der Waals surface area contributed by atoms with Gasteiger partial charge in [-0.1, -0.05) is 11.2 Å². The monoisotopic (exact) mass is 333 g/mol. The standard InChI is InChI=1S/C17H20FN3O3/c1-11-19-17(24-21-11)6-2-5-16(22)20-14-4-3-9-23-15-10-12(18)7-8-13(14)15/h7-8,10,14H,2-6,9H2,1H3,(H,20,22)/t14-/m0/s1. The van der Waals surface area contributed by atoms with E-state index in [2.05, 4.69) is 15.5 Å². The summed E-state index contributed by atoms with van der Waals surface area (Å²) >= 11 is 0. The molecule has 1 aromatic heterocycles. The van der Waals surface area contributed by atoms with Gasteiger partial charge in [-0.05, 0) is 32.3 Å². The highest BCUT2D eigenvalue weighted by atomic mass is 19.1. The van der Waals surface area contributed by atoms with Crippen LogP contribution in [0.3, 0.4) is 0 Å². The van der Waals surface area contributed by atoms with Gasteiger partial charge in [-0.25, -0.2) is 4.39 Å². The Morgan fingerprint density at radius 2 is 2.33 bits per heavy atom. The number of hydrogen-bond acceptors (Lipinski definition) is 5. The van der Waals surface area contributed by atoms with Crippen LogP contribution in [0.1, 0.15) is 49.0 Å². The first-order valence-corrected chi connectivity index (χ1v) is 8.12. The summed E-state index contributed by atoms with van der Waals surface area (Å²) in [5, 5.41) is 6.74. The van der Waals surface area contributed by atoms with Crippen LogP contribution in [0.25, 0.3) is 0 Å². The quantitative estimate of drug-likeness (QED) is 0.910. The molecule has 6 nitrogen and oxygen atoms in total. The second-order valence-electron chi connectivity index (χ2n) is 5.88. The molecule has 1 aliphatic rings. The number of aromatic nitrogens is 2. The lowest BCUT2D eigenvalue weighted by atomic mass is 10.0. The zero-order valence-electron chi connectivity index (χ0n) is 13.5. The van der Waals surface area contributed by atoms with Gasteiger partial charge in [0, 0.05) is 24.5 Å². The molecule has 7 heteroatoms. The van der Waals surface area contributed by atoms with Crippen molar-refractivity contribution in [1.29, 1.82) is 0 Å². The van der Waals surface area contributed by atoms with Gasteiger partial charge >= 0.3 is 0 Å². The van der Waals surface area contributed by atoms with E-state index in [1.807, 2.05) is 0 Å². The van der Waals surface area contributed by atoms with Gasteiger partial charge in [0.05, 0.1) is 12.6 Å². The van der Waals surface area contributed by atoms with Gasteiger partial charge in [0.25, 0.3) is 0 Å². The largest absolute Gasteiger partial charge is 0.493 e. The number of nitrogens with zero attached hydrogens (tertiary/aromatic N) is 2. The third-order valence-electron chi connectivity index (χ3n) is 3.95. The molecule has 2 aromatic rings. The van der Waals surface area contributed by atoms with Crippen molar-refractivity contribution in [2.45, 2.75) is 45.1 Å². The number of hydrogen-bond donors (Lipinski definition) is 1. The van der Waals surface area contributed by atoms with E-state index in [0.29, 0.717) is 43.3 Å². The average Bonchev–Trinajstić information content (AvgIpc) is 2.86. The minimum Gasteiger partial charge on any atom is -0.493 e. The Morgan fingerprint density at radius 3 is 3.12 bits per heavy atom. The fraction of sp³-hybridized carbons (Fsp3) is 0.471. The first-order chi connectivity index (χ1) is 11.6.